The van der Waals surface area contributed by atoms with Crippen molar-refractivity contribution in [1.29, 1.82) is 0 Å². The van der Waals surface area contributed by atoms with Crippen LogP contribution >= 0.6 is 0 Å². The van der Waals surface area contributed by atoms with Crippen molar-refractivity contribution in [3.8, 4) is 0 Å². The lowest BCUT2D eigenvalue weighted by Gasteiger charge is -2.16. The molecule has 0 bridgehead atoms. The van der Waals surface area contributed by atoms with E-state index in [4.69, 9.17) is 5.11 Å². The largest absolute Gasteiger partial charge is 0.478 e. The molecule has 0 spiro atoms. The summed E-state index contributed by atoms with van der Waals surface area (Å²) in [6.45, 7) is 6.25. The Labute approximate surface area is 116 Å². The molecule has 0 radical (unpaired) electrons. The number of hydrogen-bond donors (Lipinski definition) is 1. The van der Waals surface area contributed by atoms with Gasteiger partial charge in [-0.25, -0.2) is 4.79 Å². The highest BCUT2D eigenvalue weighted by atomic mass is 16.4. The maximum Gasteiger partial charge on any atom is 0.335 e. The third kappa shape index (κ3) is 5.88. The molecule has 0 amide bonds. The molecule has 1 rings (SSSR count). The Kier molecular flexibility index (Phi) is 6.57. The van der Waals surface area contributed by atoms with E-state index in [0.717, 1.165) is 30.6 Å². The molecule has 1 N–H and O–H groups in total. The first-order valence-electron chi connectivity index (χ1n) is 7.05. The fourth-order valence-electron chi connectivity index (χ4n) is 2.19. The van der Waals surface area contributed by atoms with Gasteiger partial charge in [0.2, 0.25) is 0 Å². The minimum absolute atomic E-state index is 0.392. The van der Waals surface area contributed by atoms with E-state index in [9.17, 15) is 4.79 Å². The van der Waals surface area contributed by atoms with E-state index in [2.05, 4.69) is 24.9 Å². The van der Waals surface area contributed by atoms with Crippen LogP contribution in [0.2, 0.25) is 0 Å². The van der Waals surface area contributed by atoms with Gasteiger partial charge in [-0.15, -0.1) is 0 Å². The third-order valence-corrected chi connectivity index (χ3v) is 3.31. The molecule has 1 aromatic carbocycles. The first-order valence-corrected chi connectivity index (χ1v) is 7.05. The Morgan fingerprint density at radius 3 is 2.58 bits per heavy atom. The molecule has 19 heavy (non-hydrogen) atoms. The van der Waals surface area contributed by atoms with E-state index in [1.807, 2.05) is 6.92 Å². The quantitative estimate of drug-likeness (QED) is 0.731. The number of aryl methyl sites for hydroxylation is 1. The van der Waals surface area contributed by atoms with Crippen LogP contribution in [0.4, 0.5) is 0 Å². The van der Waals surface area contributed by atoms with Crippen molar-refractivity contribution in [2.24, 2.45) is 0 Å². The van der Waals surface area contributed by atoms with Crippen LogP contribution in [0.5, 0.6) is 0 Å². The standard InChI is InChI=1S/C16H25NO2/c1-4-5-6-8-17(3)9-7-14-10-13(2)11-15(12-14)16(18)19/h10-12H,4-9H2,1-3H3,(H,18,19). The molecule has 0 heterocycles. The summed E-state index contributed by atoms with van der Waals surface area (Å²) in [4.78, 5) is 13.3. The molecule has 0 aliphatic heterocycles. The van der Waals surface area contributed by atoms with E-state index in [0.29, 0.717) is 5.56 Å². The highest BCUT2D eigenvalue weighted by Crippen LogP contribution is 2.11. The van der Waals surface area contributed by atoms with Crippen molar-refractivity contribution < 1.29 is 9.90 Å². The van der Waals surface area contributed by atoms with Crippen LogP contribution in [0, 0.1) is 6.92 Å². The fourth-order valence-corrected chi connectivity index (χ4v) is 2.19. The first-order chi connectivity index (χ1) is 9.02. The summed E-state index contributed by atoms with van der Waals surface area (Å²) in [5.74, 6) is -0.846. The van der Waals surface area contributed by atoms with Crippen molar-refractivity contribution in [2.75, 3.05) is 20.1 Å². The Bertz CT molecular complexity index is 415. The summed E-state index contributed by atoms with van der Waals surface area (Å²) < 4.78 is 0. The van der Waals surface area contributed by atoms with E-state index in [-0.39, 0.29) is 0 Å². The van der Waals surface area contributed by atoms with Crippen LogP contribution in [0.3, 0.4) is 0 Å². The van der Waals surface area contributed by atoms with Crippen LogP contribution in [0.1, 0.15) is 47.7 Å². The molecule has 0 aliphatic rings. The van der Waals surface area contributed by atoms with Gasteiger partial charge in [-0.3, -0.25) is 0 Å². The fraction of sp³-hybridized carbons (Fsp3) is 0.562. The Balaban J connectivity index is 2.50. The number of carboxylic acids is 1. The molecule has 0 aliphatic carbocycles. The van der Waals surface area contributed by atoms with Crippen LogP contribution in [0.15, 0.2) is 18.2 Å². The zero-order valence-electron chi connectivity index (χ0n) is 12.3. The molecule has 0 atom stereocenters. The normalized spacial score (nSPS) is 10.9. The maximum atomic E-state index is 11.0. The van der Waals surface area contributed by atoms with Crippen molar-refractivity contribution in [3.05, 3.63) is 34.9 Å². The number of carboxylic acid groups (broad SMARTS) is 1. The van der Waals surface area contributed by atoms with Gasteiger partial charge in [-0.05, 0) is 56.6 Å². The predicted molar refractivity (Wildman–Crippen MR) is 78.9 cm³/mol. The smallest absolute Gasteiger partial charge is 0.335 e. The van der Waals surface area contributed by atoms with Crippen molar-refractivity contribution in [2.45, 2.75) is 39.5 Å². The lowest BCUT2D eigenvalue weighted by atomic mass is 10.0. The van der Waals surface area contributed by atoms with Crippen LogP contribution in [-0.4, -0.2) is 36.1 Å². The third-order valence-electron chi connectivity index (χ3n) is 3.31. The van der Waals surface area contributed by atoms with Crippen LogP contribution in [0.25, 0.3) is 0 Å². The van der Waals surface area contributed by atoms with Crippen molar-refractivity contribution in [1.82, 2.24) is 4.90 Å². The van der Waals surface area contributed by atoms with Crippen molar-refractivity contribution >= 4 is 5.97 Å². The highest BCUT2D eigenvalue weighted by Gasteiger charge is 2.06. The zero-order chi connectivity index (χ0) is 14.3. The molecule has 0 unspecified atom stereocenters. The second kappa shape index (κ2) is 7.95. The second-order valence-electron chi connectivity index (χ2n) is 5.27. The molecule has 0 saturated carbocycles. The predicted octanol–water partition coefficient (Wildman–Crippen LogP) is 3.36. The van der Waals surface area contributed by atoms with Gasteiger partial charge in [0.15, 0.2) is 0 Å². The number of nitrogens with zero attached hydrogens (tertiary/aromatic N) is 1. The second-order valence-corrected chi connectivity index (χ2v) is 5.27. The number of hydrogen-bond acceptors (Lipinski definition) is 2. The van der Waals surface area contributed by atoms with E-state index in [1.165, 1.54) is 19.3 Å². The maximum absolute atomic E-state index is 11.0. The summed E-state index contributed by atoms with van der Waals surface area (Å²) in [7, 11) is 2.13. The van der Waals surface area contributed by atoms with Gasteiger partial charge in [0.1, 0.15) is 0 Å². The molecule has 3 heteroatoms. The van der Waals surface area contributed by atoms with Gasteiger partial charge in [-0.2, -0.15) is 0 Å². The molecule has 3 nitrogen and oxygen atoms in total. The molecule has 0 saturated heterocycles. The monoisotopic (exact) mass is 263 g/mol. The van der Waals surface area contributed by atoms with Gasteiger partial charge in [-0.1, -0.05) is 25.8 Å². The number of benzene rings is 1. The SMILES string of the molecule is CCCCCN(C)CCc1cc(C)cc(C(=O)O)c1. The molecule has 0 fully saturated rings. The average Bonchev–Trinajstić information content (AvgIpc) is 2.36. The van der Waals surface area contributed by atoms with Crippen LogP contribution < -0.4 is 0 Å². The Morgan fingerprint density at radius 2 is 1.95 bits per heavy atom. The van der Waals surface area contributed by atoms with E-state index >= 15 is 0 Å². The van der Waals surface area contributed by atoms with Gasteiger partial charge in [0, 0.05) is 6.54 Å². The van der Waals surface area contributed by atoms with Crippen LogP contribution in [-0.2, 0) is 6.42 Å². The molecule has 106 valence electrons. The molecule has 0 aromatic heterocycles. The van der Waals surface area contributed by atoms with Gasteiger partial charge < -0.3 is 10.0 Å². The minimum atomic E-state index is -0.846. The lowest BCUT2D eigenvalue weighted by molar-refractivity contribution is 0.0696. The average molecular weight is 263 g/mol. The first kappa shape index (κ1) is 15.7. The summed E-state index contributed by atoms with van der Waals surface area (Å²) in [5.41, 5.74) is 2.52. The summed E-state index contributed by atoms with van der Waals surface area (Å²) in [6, 6.07) is 5.58. The molecular weight excluding hydrogens is 238 g/mol. The lowest BCUT2D eigenvalue weighted by Crippen LogP contribution is -2.22. The summed E-state index contributed by atoms with van der Waals surface area (Å²) in [6.07, 6.45) is 4.66. The van der Waals surface area contributed by atoms with Gasteiger partial charge in [0.25, 0.3) is 0 Å². The zero-order valence-corrected chi connectivity index (χ0v) is 12.3. The minimum Gasteiger partial charge on any atom is -0.478 e. The Hall–Kier alpha value is -1.35. The highest BCUT2D eigenvalue weighted by molar-refractivity contribution is 5.88. The summed E-state index contributed by atoms with van der Waals surface area (Å²) in [5, 5.41) is 9.04. The van der Waals surface area contributed by atoms with Gasteiger partial charge >= 0.3 is 5.97 Å². The molecule has 1 aromatic rings. The van der Waals surface area contributed by atoms with Crippen molar-refractivity contribution in [3.63, 3.8) is 0 Å². The number of aromatic carboxylic acids is 1. The number of unbranched alkanes of at least 4 members (excludes halogenated alkanes) is 2. The molecular formula is C16H25NO2. The number of rotatable bonds is 8. The number of likely N-dealkylation sites (N-methyl/N-ethyl adjacent to an activating group) is 1. The Morgan fingerprint density at radius 1 is 1.21 bits per heavy atom. The number of carbonyl (C=O) groups is 1. The van der Waals surface area contributed by atoms with Gasteiger partial charge in [0.05, 0.1) is 5.56 Å². The topological polar surface area (TPSA) is 40.5 Å². The van der Waals surface area contributed by atoms with E-state index in [1.54, 1.807) is 12.1 Å². The van der Waals surface area contributed by atoms with E-state index < -0.39 is 5.97 Å². The summed E-state index contributed by atoms with van der Waals surface area (Å²) >= 11 is 0.